The highest BCUT2D eigenvalue weighted by Crippen LogP contribution is 2.26. The van der Waals surface area contributed by atoms with Crippen molar-refractivity contribution in [3.8, 4) is 5.75 Å². The van der Waals surface area contributed by atoms with E-state index in [0.717, 1.165) is 16.5 Å². The van der Waals surface area contributed by atoms with E-state index in [1.54, 1.807) is 0 Å². The summed E-state index contributed by atoms with van der Waals surface area (Å²) in [4.78, 5) is 14.5. The molecule has 2 aromatic rings. The first-order valence-corrected chi connectivity index (χ1v) is 4.80. The molecule has 0 fully saturated rings. The Labute approximate surface area is 86.0 Å². The van der Waals surface area contributed by atoms with Crippen LogP contribution in [-0.4, -0.2) is 11.6 Å². The van der Waals surface area contributed by atoms with Crippen LogP contribution in [0, 0.1) is 0 Å². The molecule has 74 valence electrons. The van der Waals surface area contributed by atoms with Crippen molar-refractivity contribution in [2.24, 2.45) is 0 Å². The fourth-order valence-corrected chi connectivity index (χ4v) is 1.86. The largest absolute Gasteiger partial charge is 0.483 e. The van der Waals surface area contributed by atoms with E-state index in [4.69, 9.17) is 4.74 Å². The quantitative estimate of drug-likeness (QED) is 0.704. The van der Waals surface area contributed by atoms with Crippen LogP contribution in [0.5, 0.6) is 5.75 Å². The van der Waals surface area contributed by atoms with Gasteiger partial charge in [-0.1, -0.05) is 24.3 Å². The predicted octanol–water partition coefficient (Wildman–Crippen LogP) is 1.93. The van der Waals surface area contributed by atoms with Gasteiger partial charge in [-0.25, -0.2) is 0 Å². The lowest BCUT2D eigenvalue weighted by Gasteiger charge is -2.13. The zero-order valence-electron chi connectivity index (χ0n) is 7.99. The maximum absolute atomic E-state index is 11.7. The number of aromatic nitrogens is 1. The minimum absolute atomic E-state index is 0.159. The van der Waals surface area contributed by atoms with Crippen LogP contribution in [0.15, 0.2) is 35.1 Å². The summed E-state index contributed by atoms with van der Waals surface area (Å²) in [5.41, 5.74) is 1.56. The van der Waals surface area contributed by atoms with Gasteiger partial charge in [-0.3, -0.25) is 4.79 Å². The van der Waals surface area contributed by atoms with E-state index in [1.165, 1.54) is 0 Å². The first-order chi connectivity index (χ1) is 7.36. The second-order valence-corrected chi connectivity index (χ2v) is 3.46. The Morgan fingerprint density at radius 1 is 1.27 bits per heavy atom. The third-order valence-electron chi connectivity index (χ3n) is 2.52. The summed E-state index contributed by atoms with van der Waals surface area (Å²) in [6.07, 6.45) is 3.85. The van der Waals surface area contributed by atoms with E-state index in [1.807, 2.05) is 36.4 Å². The second kappa shape index (κ2) is 2.98. The molecule has 0 spiro atoms. The van der Waals surface area contributed by atoms with Crippen LogP contribution in [0.2, 0.25) is 0 Å². The SMILES string of the molecule is O=c1[nH]c2ccccc2c2c1OCC=C2. The third kappa shape index (κ3) is 1.16. The number of nitrogens with one attached hydrogen (secondary N) is 1. The molecular weight excluding hydrogens is 190 g/mol. The molecule has 1 N–H and O–H groups in total. The number of ether oxygens (including phenoxy) is 1. The lowest BCUT2D eigenvalue weighted by atomic mass is 10.1. The van der Waals surface area contributed by atoms with E-state index >= 15 is 0 Å². The summed E-state index contributed by atoms with van der Waals surface area (Å²) in [6.45, 7) is 0.467. The van der Waals surface area contributed by atoms with Crippen molar-refractivity contribution in [3.05, 3.63) is 46.3 Å². The monoisotopic (exact) mass is 199 g/mol. The number of pyridine rings is 1. The molecule has 3 heteroatoms. The normalized spacial score (nSPS) is 13.6. The predicted molar refractivity (Wildman–Crippen MR) is 59.1 cm³/mol. The molecule has 0 unspecified atom stereocenters. The van der Waals surface area contributed by atoms with Gasteiger partial charge in [0.05, 0.1) is 0 Å². The van der Waals surface area contributed by atoms with Crippen molar-refractivity contribution in [2.45, 2.75) is 0 Å². The Balaban J connectivity index is 2.52. The molecule has 0 atom stereocenters. The average molecular weight is 199 g/mol. The van der Waals surface area contributed by atoms with Gasteiger partial charge < -0.3 is 9.72 Å². The molecular formula is C12H9NO2. The zero-order chi connectivity index (χ0) is 10.3. The van der Waals surface area contributed by atoms with Crippen molar-refractivity contribution in [1.82, 2.24) is 4.98 Å². The fourth-order valence-electron chi connectivity index (χ4n) is 1.86. The molecule has 1 aromatic carbocycles. The number of fused-ring (bicyclic) bond motifs is 3. The molecule has 1 aliphatic heterocycles. The Morgan fingerprint density at radius 3 is 3.07 bits per heavy atom. The topological polar surface area (TPSA) is 42.1 Å². The van der Waals surface area contributed by atoms with E-state index < -0.39 is 0 Å². The summed E-state index contributed by atoms with van der Waals surface area (Å²) in [5.74, 6) is 0.427. The Morgan fingerprint density at radius 2 is 2.13 bits per heavy atom. The molecule has 3 rings (SSSR count). The Hall–Kier alpha value is -2.03. The third-order valence-corrected chi connectivity index (χ3v) is 2.52. The number of para-hydroxylation sites is 1. The fraction of sp³-hybridized carbons (Fsp3) is 0.0833. The number of hydrogen-bond donors (Lipinski definition) is 1. The molecule has 1 aliphatic rings. The molecule has 0 bridgehead atoms. The maximum atomic E-state index is 11.7. The van der Waals surface area contributed by atoms with Crippen LogP contribution in [0.25, 0.3) is 17.0 Å². The van der Waals surface area contributed by atoms with Gasteiger partial charge in [-0.05, 0) is 12.1 Å². The maximum Gasteiger partial charge on any atom is 0.291 e. The first kappa shape index (κ1) is 8.29. The van der Waals surface area contributed by atoms with Crippen LogP contribution in [0.3, 0.4) is 0 Å². The summed E-state index contributed by atoms with van der Waals surface area (Å²) < 4.78 is 5.33. The summed E-state index contributed by atoms with van der Waals surface area (Å²) in [6, 6.07) is 7.71. The van der Waals surface area contributed by atoms with Crippen LogP contribution < -0.4 is 10.3 Å². The lowest BCUT2D eigenvalue weighted by Crippen LogP contribution is -2.15. The molecule has 0 radical (unpaired) electrons. The van der Waals surface area contributed by atoms with Crippen molar-refractivity contribution >= 4 is 17.0 Å². The highest BCUT2D eigenvalue weighted by Gasteiger charge is 2.13. The van der Waals surface area contributed by atoms with E-state index in [0.29, 0.717) is 12.4 Å². The molecule has 15 heavy (non-hydrogen) atoms. The zero-order valence-corrected chi connectivity index (χ0v) is 7.99. The summed E-state index contributed by atoms with van der Waals surface area (Å²) >= 11 is 0. The van der Waals surface area contributed by atoms with Crippen molar-refractivity contribution < 1.29 is 4.74 Å². The molecule has 0 amide bonds. The van der Waals surface area contributed by atoms with Crippen molar-refractivity contribution in [3.63, 3.8) is 0 Å². The summed E-state index contributed by atoms with van der Waals surface area (Å²) in [7, 11) is 0. The van der Waals surface area contributed by atoms with E-state index in [9.17, 15) is 4.79 Å². The average Bonchev–Trinajstić information content (AvgIpc) is 2.30. The van der Waals surface area contributed by atoms with Crippen LogP contribution >= 0.6 is 0 Å². The first-order valence-electron chi connectivity index (χ1n) is 4.80. The Bertz CT molecular complexity index is 611. The van der Waals surface area contributed by atoms with E-state index in [2.05, 4.69) is 4.98 Å². The molecule has 3 nitrogen and oxygen atoms in total. The van der Waals surface area contributed by atoms with E-state index in [-0.39, 0.29) is 5.56 Å². The molecule has 1 aromatic heterocycles. The minimum atomic E-state index is -0.159. The number of rotatable bonds is 0. The van der Waals surface area contributed by atoms with Gasteiger partial charge in [0, 0.05) is 16.5 Å². The Kier molecular flexibility index (Phi) is 1.65. The van der Waals surface area contributed by atoms with Gasteiger partial charge in [-0.15, -0.1) is 0 Å². The lowest BCUT2D eigenvalue weighted by molar-refractivity contribution is 0.354. The molecule has 0 saturated carbocycles. The van der Waals surface area contributed by atoms with Gasteiger partial charge in [0.15, 0.2) is 5.75 Å². The second-order valence-electron chi connectivity index (χ2n) is 3.46. The highest BCUT2D eigenvalue weighted by molar-refractivity contribution is 5.90. The van der Waals surface area contributed by atoms with Gasteiger partial charge in [0.25, 0.3) is 5.56 Å². The van der Waals surface area contributed by atoms with Crippen molar-refractivity contribution in [2.75, 3.05) is 6.61 Å². The molecule has 0 saturated heterocycles. The van der Waals surface area contributed by atoms with Crippen LogP contribution in [0.1, 0.15) is 5.56 Å². The van der Waals surface area contributed by atoms with Crippen LogP contribution in [0.4, 0.5) is 0 Å². The number of hydrogen-bond acceptors (Lipinski definition) is 2. The molecule has 0 aliphatic carbocycles. The van der Waals surface area contributed by atoms with Gasteiger partial charge in [0.1, 0.15) is 6.61 Å². The van der Waals surface area contributed by atoms with Gasteiger partial charge >= 0.3 is 0 Å². The number of H-pyrrole nitrogens is 1. The number of aromatic amines is 1. The smallest absolute Gasteiger partial charge is 0.291 e. The minimum Gasteiger partial charge on any atom is -0.483 e. The molecule has 2 heterocycles. The standard InChI is InChI=1S/C12H9NO2/c14-12-11-9(5-3-7-15-11)8-4-1-2-6-10(8)13-12/h1-6H,7H2,(H,13,14). The van der Waals surface area contributed by atoms with Crippen molar-refractivity contribution in [1.29, 1.82) is 0 Å². The highest BCUT2D eigenvalue weighted by atomic mass is 16.5. The van der Waals surface area contributed by atoms with Crippen LogP contribution in [-0.2, 0) is 0 Å². The number of benzene rings is 1. The van der Waals surface area contributed by atoms with Gasteiger partial charge in [-0.2, -0.15) is 0 Å². The summed E-state index contributed by atoms with van der Waals surface area (Å²) in [5, 5.41) is 1.02. The van der Waals surface area contributed by atoms with Gasteiger partial charge in [0.2, 0.25) is 0 Å².